The number of ether oxygens (including phenoxy) is 2. The summed E-state index contributed by atoms with van der Waals surface area (Å²) in [6, 6.07) is 5.58. The summed E-state index contributed by atoms with van der Waals surface area (Å²) in [4.78, 5) is 29.2. The molecule has 2 heterocycles. The first kappa shape index (κ1) is 21.3. The number of methoxy groups -OCH3 is 2. The van der Waals surface area contributed by atoms with Crippen LogP contribution in [0.2, 0.25) is 0 Å². The van der Waals surface area contributed by atoms with E-state index in [0.29, 0.717) is 23.7 Å². The summed E-state index contributed by atoms with van der Waals surface area (Å²) in [5.41, 5.74) is 0.682. The monoisotopic (exact) mass is 397 g/mol. The SMILES string of the molecule is CNCC1CCCN1C(=O)C1CC(=O)N(c2ccc(OC)cc2OC)C1.Cl. The number of benzene rings is 1. The zero-order valence-corrected chi connectivity index (χ0v) is 16.9. The number of likely N-dealkylation sites (tertiary alicyclic amines) is 1. The Labute approximate surface area is 166 Å². The molecule has 2 saturated heterocycles. The molecular weight excluding hydrogens is 370 g/mol. The largest absolute Gasteiger partial charge is 0.497 e. The fourth-order valence-electron chi connectivity index (χ4n) is 3.92. The highest BCUT2D eigenvalue weighted by molar-refractivity contribution is 6.01. The summed E-state index contributed by atoms with van der Waals surface area (Å²) in [6.45, 7) is 1.97. The van der Waals surface area contributed by atoms with Crippen molar-refractivity contribution in [3.63, 3.8) is 0 Å². The van der Waals surface area contributed by atoms with E-state index in [-0.39, 0.29) is 42.6 Å². The van der Waals surface area contributed by atoms with Gasteiger partial charge in [0.05, 0.1) is 25.8 Å². The van der Waals surface area contributed by atoms with Gasteiger partial charge in [0.1, 0.15) is 11.5 Å². The Kier molecular flexibility index (Phi) is 7.33. The minimum atomic E-state index is -0.299. The maximum atomic E-state index is 13.0. The molecule has 2 unspecified atom stereocenters. The van der Waals surface area contributed by atoms with E-state index in [4.69, 9.17) is 9.47 Å². The van der Waals surface area contributed by atoms with Crippen molar-refractivity contribution < 1.29 is 19.1 Å². The number of halogens is 1. The smallest absolute Gasteiger partial charge is 0.228 e. The molecule has 27 heavy (non-hydrogen) atoms. The van der Waals surface area contributed by atoms with Gasteiger partial charge in [-0.25, -0.2) is 0 Å². The van der Waals surface area contributed by atoms with Crippen LogP contribution in [-0.2, 0) is 9.59 Å². The normalized spacial score (nSPS) is 22.0. The highest BCUT2D eigenvalue weighted by atomic mass is 35.5. The summed E-state index contributed by atoms with van der Waals surface area (Å²) in [7, 11) is 5.05. The summed E-state index contributed by atoms with van der Waals surface area (Å²) in [5.74, 6) is 0.978. The third-order valence-corrected chi connectivity index (χ3v) is 5.25. The first-order chi connectivity index (χ1) is 12.6. The first-order valence-corrected chi connectivity index (χ1v) is 9.06. The Morgan fingerprint density at radius 3 is 2.74 bits per heavy atom. The standard InChI is InChI=1S/C19H27N3O4.ClH/c1-20-11-14-5-4-8-21(14)19(24)13-9-18(23)22(12-13)16-7-6-15(25-2)10-17(16)26-3;/h6-7,10,13-14,20H,4-5,8-9,11-12H2,1-3H3;1H. The van der Waals surface area contributed by atoms with Crippen LogP contribution in [0.3, 0.4) is 0 Å². The molecule has 2 fully saturated rings. The van der Waals surface area contributed by atoms with Gasteiger partial charge in [-0.1, -0.05) is 0 Å². The molecule has 8 heteroatoms. The molecule has 0 radical (unpaired) electrons. The Hall–Kier alpha value is -1.99. The van der Waals surface area contributed by atoms with Gasteiger partial charge in [-0.05, 0) is 32.0 Å². The van der Waals surface area contributed by atoms with Gasteiger partial charge < -0.3 is 24.6 Å². The predicted octanol–water partition coefficient (Wildman–Crippen LogP) is 1.69. The molecular formula is C19H28ClN3O4. The van der Waals surface area contributed by atoms with Crippen LogP contribution in [0.4, 0.5) is 5.69 Å². The third kappa shape index (κ3) is 4.30. The van der Waals surface area contributed by atoms with Gasteiger partial charge in [0.25, 0.3) is 0 Å². The summed E-state index contributed by atoms with van der Waals surface area (Å²) >= 11 is 0. The molecule has 0 aliphatic carbocycles. The zero-order valence-electron chi connectivity index (χ0n) is 16.1. The number of hydrogen-bond donors (Lipinski definition) is 1. The van der Waals surface area contributed by atoms with Gasteiger partial charge >= 0.3 is 0 Å². The number of amides is 2. The minimum Gasteiger partial charge on any atom is -0.497 e. The van der Waals surface area contributed by atoms with Gasteiger partial charge in [0, 0.05) is 38.2 Å². The number of carbonyl (C=O) groups is 2. The third-order valence-electron chi connectivity index (χ3n) is 5.25. The Morgan fingerprint density at radius 2 is 2.07 bits per heavy atom. The maximum absolute atomic E-state index is 13.0. The number of anilines is 1. The van der Waals surface area contributed by atoms with E-state index in [0.717, 1.165) is 25.9 Å². The Morgan fingerprint density at radius 1 is 1.30 bits per heavy atom. The first-order valence-electron chi connectivity index (χ1n) is 9.06. The average molecular weight is 398 g/mol. The molecule has 0 saturated carbocycles. The van der Waals surface area contributed by atoms with Gasteiger partial charge in [-0.15, -0.1) is 12.4 Å². The lowest BCUT2D eigenvalue weighted by Gasteiger charge is -2.27. The van der Waals surface area contributed by atoms with Crippen LogP contribution in [0.25, 0.3) is 0 Å². The zero-order chi connectivity index (χ0) is 18.7. The fraction of sp³-hybridized carbons (Fsp3) is 0.579. The molecule has 2 amide bonds. The molecule has 1 N–H and O–H groups in total. The number of nitrogens with zero attached hydrogens (tertiary/aromatic N) is 2. The number of nitrogens with one attached hydrogen (secondary N) is 1. The lowest BCUT2D eigenvalue weighted by molar-refractivity contribution is -0.136. The van der Waals surface area contributed by atoms with Crippen molar-refractivity contribution in [2.45, 2.75) is 25.3 Å². The highest BCUT2D eigenvalue weighted by Gasteiger charge is 2.40. The van der Waals surface area contributed by atoms with Crippen molar-refractivity contribution in [3.8, 4) is 11.5 Å². The molecule has 2 aliphatic heterocycles. The van der Waals surface area contributed by atoms with E-state index >= 15 is 0 Å². The van der Waals surface area contributed by atoms with E-state index < -0.39 is 0 Å². The molecule has 2 aliphatic rings. The molecule has 1 aromatic rings. The van der Waals surface area contributed by atoms with E-state index in [1.165, 1.54) is 0 Å². The van der Waals surface area contributed by atoms with E-state index in [2.05, 4.69) is 5.32 Å². The van der Waals surface area contributed by atoms with Crippen molar-refractivity contribution in [2.24, 2.45) is 5.92 Å². The molecule has 0 spiro atoms. The minimum absolute atomic E-state index is 0. The van der Waals surface area contributed by atoms with Crippen LogP contribution >= 0.6 is 12.4 Å². The molecule has 3 rings (SSSR count). The summed E-state index contributed by atoms with van der Waals surface area (Å²) in [6.07, 6.45) is 2.29. The van der Waals surface area contributed by atoms with Gasteiger partial charge in [0.2, 0.25) is 11.8 Å². The highest BCUT2D eigenvalue weighted by Crippen LogP contribution is 2.36. The molecule has 150 valence electrons. The summed E-state index contributed by atoms with van der Waals surface area (Å²) in [5, 5.41) is 3.15. The van der Waals surface area contributed by atoms with Crippen LogP contribution in [0, 0.1) is 5.92 Å². The average Bonchev–Trinajstić information content (AvgIpc) is 3.27. The molecule has 0 bridgehead atoms. The van der Waals surface area contributed by atoms with Gasteiger partial charge in [-0.3, -0.25) is 9.59 Å². The van der Waals surface area contributed by atoms with Crippen LogP contribution in [0.1, 0.15) is 19.3 Å². The van der Waals surface area contributed by atoms with E-state index in [1.54, 1.807) is 31.3 Å². The Balaban J connectivity index is 0.00000261. The van der Waals surface area contributed by atoms with Crippen LogP contribution in [0.5, 0.6) is 11.5 Å². The van der Waals surface area contributed by atoms with Crippen molar-refractivity contribution in [3.05, 3.63) is 18.2 Å². The number of carbonyl (C=O) groups excluding carboxylic acids is 2. The van der Waals surface area contributed by atoms with E-state index in [9.17, 15) is 9.59 Å². The summed E-state index contributed by atoms with van der Waals surface area (Å²) < 4.78 is 10.6. The van der Waals surface area contributed by atoms with E-state index in [1.807, 2.05) is 18.0 Å². The lowest BCUT2D eigenvalue weighted by Crippen LogP contribution is -2.44. The molecule has 1 aromatic carbocycles. The topological polar surface area (TPSA) is 71.1 Å². The van der Waals surface area contributed by atoms with Crippen molar-refractivity contribution in [1.82, 2.24) is 10.2 Å². The van der Waals surface area contributed by atoms with Crippen LogP contribution in [-0.4, -0.2) is 63.7 Å². The Bertz CT molecular complexity index is 685. The quantitative estimate of drug-likeness (QED) is 0.791. The van der Waals surface area contributed by atoms with Crippen molar-refractivity contribution in [1.29, 1.82) is 0 Å². The van der Waals surface area contributed by atoms with Gasteiger partial charge in [-0.2, -0.15) is 0 Å². The predicted molar refractivity (Wildman–Crippen MR) is 106 cm³/mol. The van der Waals surface area contributed by atoms with Crippen molar-refractivity contribution >= 4 is 29.9 Å². The van der Waals surface area contributed by atoms with Crippen molar-refractivity contribution in [2.75, 3.05) is 45.8 Å². The van der Waals surface area contributed by atoms with Crippen LogP contribution < -0.4 is 19.7 Å². The van der Waals surface area contributed by atoms with Gasteiger partial charge in [0.15, 0.2) is 0 Å². The second kappa shape index (κ2) is 9.28. The second-order valence-corrected chi connectivity index (χ2v) is 6.83. The maximum Gasteiger partial charge on any atom is 0.228 e. The molecule has 0 aromatic heterocycles. The number of likely N-dealkylation sites (N-methyl/N-ethyl adjacent to an activating group) is 1. The molecule has 2 atom stereocenters. The number of rotatable bonds is 6. The lowest BCUT2D eigenvalue weighted by atomic mass is 10.1. The second-order valence-electron chi connectivity index (χ2n) is 6.83. The number of hydrogen-bond acceptors (Lipinski definition) is 5. The fourth-order valence-corrected chi connectivity index (χ4v) is 3.92. The van der Waals surface area contributed by atoms with Crippen LogP contribution in [0.15, 0.2) is 18.2 Å². The molecule has 7 nitrogen and oxygen atoms in total.